The molecule has 1 aliphatic rings. The van der Waals surface area contributed by atoms with E-state index in [1.165, 1.54) is 8.61 Å². The lowest BCUT2D eigenvalue weighted by Gasteiger charge is -2.25. The molecule has 1 aromatic rings. The van der Waals surface area contributed by atoms with Gasteiger partial charge in [0.15, 0.2) is 0 Å². The van der Waals surface area contributed by atoms with Crippen molar-refractivity contribution in [1.29, 1.82) is 0 Å². The normalized spacial score (nSPS) is 25.1. The summed E-state index contributed by atoms with van der Waals surface area (Å²) in [5.74, 6) is 0. The summed E-state index contributed by atoms with van der Waals surface area (Å²) >= 11 is 0. The van der Waals surface area contributed by atoms with E-state index in [1.807, 2.05) is 30.3 Å². The molecular formula is C13H20N2O3S. The van der Waals surface area contributed by atoms with Crippen LogP contribution in [-0.2, 0) is 16.8 Å². The van der Waals surface area contributed by atoms with E-state index >= 15 is 0 Å². The van der Waals surface area contributed by atoms with Crippen LogP contribution in [0.1, 0.15) is 18.9 Å². The minimum Gasteiger partial charge on any atom is -0.389 e. The SMILES string of the molecule is CN(Cc1ccccc1)S(=O)(=O)N1CCC(C)(O)C1. The Morgan fingerprint density at radius 1 is 1.37 bits per heavy atom. The molecule has 106 valence electrons. The molecule has 1 fully saturated rings. The summed E-state index contributed by atoms with van der Waals surface area (Å²) in [5.41, 5.74) is 0.0280. The van der Waals surface area contributed by atoms with Crippen molar-refractivity contribution >= 4 is 10.2 Å². The second-order valence-electron chi connectivity index (χ2n) is 5.33. The first-order chi connectivity index (χ1) is 8.81. The highest BCUT2D eigenvalue weighted by Gasteiger charge is 2.39. The third-order valence-electron chi connectivity index (χ3n) is 3.38. The lowest BCUT2D eigenvalue weighted by atomic mass is 10.1. The molecule has 0 aromatic heterocycles. The monoisotopic (exact) mass is 284 g/mol. The summed E-state index contributed by atoms with van der Waals surface area (Å²) in [7, 11) is -1.94. The molecule has 0 aliphatic carbocycles. The van der Waals surface area contributed by atoms with Crippen LogP contribution >= 0.6 is 0 Å². The van der Waals surface area contributed by atoms with Crippen LogP contribution in [0.3, 0.4) is 0 Å². The molecule has 2 rings (SSSR count). The molecular weight excluding hydrogens is 264 g/mol. The van der Waals surface area contributed by atoms with Gasteiger partial charge in [-0.2, -0.15) is 17.0 Å². The fourth-order valence-corrected chi connectivity index (χ4v) is 3.69. The number of β-amino-alcohol motifs (C(OH)–C–C–N with tert-alkyl or cyclic N) is 1. The van der Waals surface area contributed by atoms with Crippen LogP contribution in [0.15, 0.2) is 30.3 Å². The van der Waals surface area contributed by atoms with Gasteiger partial charge in [-0.25, -0.2) is 0 Å². The van der Waals surface area contributed by atoms with Crippen molar-refractivity contribution in [2.24, 2.45) is 0 Å². The molecule has 1 N–H and O–H groups in total. The molecule has 0 bridgehead atoms. The molecule has 1 aromatic carbocycles. The van der Waals surface area contributed by atoms with Crippen LogP contribution in [0.25, 0.3) is 0 Å². The zero-order valence-corrected chi connectivity index (χ0v) is 12.1. The van der Waals surface area contributed by atoms with Gasteiger partial charge in [-0.05, 0) is 18.9 Å². The highest BCUT2D eigenvalue weighted by molar-refractivity contribution is 7.86. The van der Waals surface area contributed by atoms with E-state index in [2.05, 4.69) is 0 Å². The van der Waals surface area contributed by atoms with Gasteiger partial charge in [0, 0.05) is 26.7 Å². The van der Waals surface area contributed by atoms with Crippen molar-refractivity contribution in [3.63, 3.8) is 0 Å². The summed E-state index contributed by atoms with van der Waals surface area (Å²) in [4.78, 5) is 0. The standard InChI is InChI=1S/C13H20N2O3S/c1-13(16)8-9-15(11-13)19(17,18)14(2)10-12-6-4-3-5-7-12/h3-7,16H,8-11H2,1-2H3. The van der Waals surface area contributed by atoms with E-state index in [4.69, 9.17) is 0 Å². The fraction of sp³-hybridized carbons (Fsp3) is 0.538. The molecule has 0 radical (unpaired) electrons. The number of aliphatic hydroxyl groups is 1. The van der Waals surface area contributed by atoms with Crippen molar-refractivity contribution in [2.45, 2.75) is 25.5 Å². The van der Waals surface area contributed by atoms with Gasteiger partial charge in [0.1, 0.15) is 0 Å². The van der Waals surface area contributed by atoms with Crippen LogP contribution < -0.4 is 0 Å². The van der Waals surface area contributed by atoms with Gasteiger partial charge in [-0.1, -0.05) is 30.3 Å². The van der Waals surface area contributed by atoms with Gasteiger partial charge in [-0.3, -0.25) is 0 Å². The Balaban J connectivity index is 2.08. The van der Waals surface area contributed by atoms with Crippen LogP contribution in [0.2, 0.25) is 0 Å². The van der Waals surface area contributed by atoms with E-state index in [1.54, 1.807) is 14.0 Å². The molecule has 1 saturated heterocycles. The largest absolute Gasteiger partial charge is 0.389 e. The lowest BCUT2D eigenvalue weighted by Crippen LogP contribution is -2.42. The predicted molar refractivity (Wildman–Crippen MR) is 73.6 cm³/mol. The topological polar surface area (TPSA) is 60.9 Å². The summed E-state index contributed by atoms with van der Waals surface area (Å²) in [5, 5.41) is 9.88. The van der Waals surface area contributed by atoms with Crippen LogP contribution in [0.5, 0.6) is 0 Å². The quantitative estimate of drug-likeness (QED) is 0.890. The molecule has 1 aliphatic heterocycles. The number of hydrogen-bond acceptors (Lipinski definition) is 3. The third kappa shape index (κ3) is 3.33. The average molecular weight is 284 g/mol. The molecule has 1 atom stereocenters. The van der Waals surface area contributed by atoms with Crippen molar-refractivity contribution in [2.75, 3.05) is 20.1 Å². The Bertz CT molecular complexity index is 528. The lowest BCUT2D eigenvalue weighted by molar-refractivity contribution is 0.0758. The second-order valence-corrected chi connectivity index (χ2v) is 7.37. The Morgan fingerprint density at radius 2 is 2.00 bits per heavy atom. The minimum atomic E-state index is -3.50. The molecule has 0 spiro atoms. The van der Waals surface area contributed by atoms with Gasteiger partial charge in [0.25, 0.3) is 10.2 Å². The number of hydrogen-bond donors (Lipinski definition) is 1. The van der Waals surface area contributed by atoms with E-state index in [-0.39, 0.29) is 6.54 Å². The smallest absolute Gasteiger partial charge is 0.282 e. The van der Waals surface area contributed by atoms with Crippen molar-refractivity contribution < 1.29 is 13.5 Å². The first-order valence-electron chi connectivity index (χ1n) is 6.29. The molecule has 19 heavy (non-hydrogen) atoms. The van der Waals surface area contributed by atoms with E-state index < -0.39 is 15.8 Å². The molecule has 0 saturated carbocycles. The number of nitrogens with zero attached hydrogens (tertiary/aromatic N) is 2. The highest BCUT2D eigenvalue weighted by atomic mass is 32.2. The molecule has 1 unspecified atom stereocenters. The second kappa shape index (κ2) is 5.20. The van der Waals surface area contributed by atoms with Gasteiger partial charge in [0.05, 0.1) is 5.60 Å². The van der Waals surface area contributed by atoms with Gasteiger partial charge < -0.3 is 5.11 Å². The van der Waals surface area contributed by atoms with Crippen LogP contribution in [0, 0.1) is 0 Å². The highest BCUT2D eigenvalue weighted by Crippen LogP contribution is 2.24. The van der Waals surface area contributed by atoms with Gasteiger partial charge >= 0.3 is 0 Å². The zero-order chi connectivity index (χ0) is 14.1. The van der Waals surface area contributed by atoms with Gasteiger partial charge in [-0.15, -0.1) is 0 Å². The van der Waals surface area contributed by atoms with Crippen LogP contribution in [-0.4, -0.2) is 47.9 Å². The first-order valence-corrected chi connectivity index (χ1v) is 7.69. The van der Waals surface area contributed by atoms with Crippen LogP contribution in [0.4, 0.5) is 0 Å². The minimum absolute atomic E-state index is 0.161. The summed E-state index contributed by atoms with van der Waals surface area (Å²) in [6, 6.07) is 9.46. The van der Waals surface area contributed by atoms with Crippen molar-refractivity contribution in [1.82, 2.24) is 8.61 Å². The van der Waals surface area contributed by atoms with E-state index in [0.717, 1.165) is 5.56 Å². The first kappa shape index (κ1) is 14.5. The van der Waals surface area contributed by atoms with Crippen molar-refractivity contribution in [3.05, 3.63) is 35.9 Å². The molecule has 1 heterocycles. The maximum atomic E-state index is 12.4. The Kier molecular flexibility index (Phi) is 3.96. The zero-order valence-electron chi connectivity index (χ0n) is 11.3. The maximum absolute atomic E-state index is 12.4. The fourth-order valence-electron chi connectivity index (χ4n) is 2.22. The van der Waals surface area contributed by atoms with E-state index in [0.29, 0.717) is 19.5 Å². The maximum Gasteiger partial charge on any atom is 0.282 e. The van der Waals surface area contributed by atoms with Gasteiger partial charge in [0.2, 0.25) is 0 Å². The summed E-state index contributed by atoms with van der Waals surface area (Å²) in [6.45, 7) is 2.53. The van der Waals surface area contributed by atoms with E-state index in [9.17, 15) is 13.5 Å². The molecule has 5 nitrogen and oxygen atoms in total. The Labute approximate surface area is 114 Å². The Hall–Kier alpha value is -0.950. The molecule has 6 heteroatoms. The van der Waals surface area contributed by atoms with Crippen molar-refractivity contribution in [3.8, 4) is 0 Å². The number of rotatable bonds is 4. The third-order valence-corrected chi connectivity index (χ3v) is 5.27. The Morgan fingerprint density at radius 3 is 2.53 bits per heavy atom. The average Bonchev–Trinajstić information content (AvgIpc) is 2.71. The summed E-state index contributed by atoms with van der Waals surface area (Å²) in [6.07, 6.45) is 0.478. The number of benzene rings is 1. The molecule has 0 amide bonds. The predicted octanol–water partition coefficient (Wildman–Crippen LogP) is 0.820. The summed E-state index contributed by atoms with van der Waals surface area (Å²) < 4.78 is 27.4.